The molecule has 3 aliphatic rings. The van der Waals surface area contributed by atoms with Crippen LogP contribution in [0.25, 0.3) is 28.3 Å². The van der Waals surface area contributed by atoms with Gasteiger partial charge in [-0.2, -0.15) is 18.8 Å². The van der Waals surface area contributed by atoms with Crippen molar-refractivity contribution in [2.75, 3.05) is 37.6 Å². The SMILES string of the molecule is N#Cc1ccc(-c2cc3n(c2)Cc2nc(N4CC[C@@H](CN5CCC(O)CC5)C4)ccc2-n2ccnc2-3)cc1.S. The molecule has 0 aliphatic carbocycles. The van der Waals surface area contributed by atoms with Gasteiger partial charge in [0.25, 0.3) is 0 Å². The quantitative estimate of drug-likeness (QED) is 0.371. The van der Waals surface area contributed by atoms with Crippen LogP contribution < -0.4 is 4.90 Å². The van der Waals surface area contributed by atoms with Crippen LogP contribution in [0.5, 0.6) is 0 Å². The molecule has 1 atom stereocenters. The minimum Gasteiger partial charge on any atom is -0.393 e. The maximum atomic E-state index is 9.82. The molecule has 39 heavy (non-hydrogen) atoms. The molecular weight excluding hydrogens is 506 g/mol. The van der Waals surface area contributed by atoms with E-state index in [1.54, 1.807) is 0 Å². The average Bonchev–Trinajstić information content (AvgIpc) is 3.69. The highest BCUT2D eigenvalue weighted by Gasteiger charge is 2.28. The number of nitrogens with zero attached hydrogens (tertiary/aromatic N) is 7. The number of anilines is 1. The van der Waals surface area contributed by atoms with E-state index in [9.17, 15) is 5.11 Å². The summed E-state index contributed by atoms with van der Waals surface area (Å²) in [6.07, 6.45) is 8.88. The van der Waals surface area contributed by atoms with E-state index in [-0.39, 0.29) is 19.6 Å². The van der Waals surface area contributed by atoms with E-state index in [0.717, 1.165) is 85.4 Å². The van der Waals surface area contributed by atoms with Crippen molar-refractivity contribution in [3.8, 4) is 34.4 Å². The zero-order valence-corrected chi connectivity index (χ0v) is 22.9. The van der Waals surface area contributed by atoms with Gasteiger partial charge in [-0.3, -0.25) is 4.57 Å². The molecule has 0 bridgehead atoms. The molecule has 0 spiro atoms. The van der Waals surface area contributed by atoms with E-state index in [2.05, 4.69) is 49.4 Å². The van der Waals surface area contributed by atoms with Gasteiger partial charge in [-0.25, -0.2) is 9.97 Å². The molecular formula is C30H33N7OS. The van der Waals surface area contributed by atoms with Crippen molar-refractivity contribution in [3.63, 3.8) is 0 Å². The lowest BCUT2D eigenvalue weighted by molar-refractivity contribution is 0.0762. The summed E-state index contributed by atoms with van der Waals surface area (Å²) in [5, 5.41) is 19.0. The van der Waals surface area contributed by atoms with Crippen molar-refractivity contribution in [3.05, 3.63) is 72.3 Å². The van der Waals surface area contributed by atoms with Crippen molar-refractivity contribution in [2.24, 2.45) is 5.92 Å². The molecule has 3 aromatic heterocycles. The first-order chi connectivity index (χ1) is 18.6. The summed E-state index contributed by atoms with van der Waals surface area (Å²) in [6, 6.07) is 16.4. The number of hydrogen-bond acceptors (Lipinski definition) is 6. The number of rotatable bonds is 4. The second kappa shape index (κ2) is 10.5. The fourth-order valence-corrected chi connectivity index (χ4v) is 6.22. The second-order valence-electron chi connectivity index (χ2n) is 10.8. The molecule has 6 heterocycles. The van der Waals surface area contributed by atoms with Gasteiger partial charge in [0.05, 0.1) is 41.4 Å². The third-order valence-corrected chi connectivity index (χ3v) is 8.31. The molecule has 2 fully saturated rings. The highest BCUT2D eigenvalue weighted by Crippen LogP contribution is 2.35. The number of imidazole rings is 1. The molecule has 0 saturated carbocycles. The first-order valence-corrected chi connectivity index (χ1v) is 13.5. The Balaban J connectivity index is 0.00000277. The van der Waals surface area contributed by atoms with Crippen LogP contribution in [-0.4, -0.2) is 67.9 Å². The molecule has 3 aliphatic heterocycles. The third kappa shape index (κ3) is 4.84. The molecule has 7 rings (SSSR count). The average molecular weight is 540 g/mol. The first-order valence-electron chi connectivity index (χ1n) is 13.5. The number of pyridine rings is 1. The van der Waals surface area contributed by atoms with Crippen LogP contribution >= 0.6 is 13.5 Å². The van der Waals surface area contributed by atoms with Crippen LogP contribution in [-0.2, 0) is 6.54 Å². The molecule has 2 saturated heterocycles. The molecule has 8 nitrogen and oxygen atoms in total. The number of benzene rings is 1. The Bertz CT molecular complexity index is 1510. The van der Waals surface area contributed by atoms with Crippen LogP contribution in [0.4, 0.5) is 5.82 Å². The molecule has 0 radical (unpaired) electrons. The minimum absolute atomic E-state index is 0. The van der Waals surface area contributed by atoms with Gasteiger partial charge in [0.2, 0.25) is 0 Å². The summed E-state index contributed by atoms with van der Waals surface area (Å²) in [4.78, 5) is 14.9. The Morgan fingerprint density at radius 2 is 1.82 bits per heavy atom. The highest BCUT2D eigenvalue weighted by atomic mass is 32.1. The minimum atomic E-state index is -0.118. The summed E-state index contributed by atoms with van der Waals surface area (Å²) in [5.41, 5.74) is 6.02. The van der Waals surface area contributed by atoms with Crippen LogP contribution in [0.15, 0.2) is 61.1 Å². The van der Waals surface area contributed by atoms with Gasteiger partial charge >= 0.3 is 0 Å². The van der Waals surface area contributed by atoms with Crippen molar-refractivity contribution >= 4 is 19.3 Å². The van der Waals surface area contributed by atoms with Gasteiger partial charge in [-0.15, -0.1) is 0 Å². The highest BCUT2D eigenvalue weighted by molar-refractivity contribution is 7.59. The smallest absolute Gasteiger partial charge is 0.161 e. The number of aliphatic hydroxyl groups excluding tert-OH is 1. The van der Waals surface area contributed by atoms with Crippen LogP contribution in [0, 0.1) is 17.2 Å². The van der Waals surface area contributed by atoms with E-state index in [0.29, 0.717) is 18.0 Å². The summed E-state index contributed by atoms with van der Waals surface area (Å²) in [5.74, 6) is 2.59. The molecule has 0 amide bonds. The van der Waals surface area contributed by atoms with Crippen LogP contribution in [0.3, 0.4) is 0 Å². The normalized spacial score (nSPS) is 19.0. The van der Waals surface area contributed by atoms with Crippen molar-refractivity contribution < 1.29 is 5.11 Å². The predicted molar refractivity (Wildman–Crippen MR) is 156 cm³/mol. The van der Waals surface area contributed by atoms with Gasteiger partial charge in [0.1, 0.15) is 5.82 Å². The number of hydrogen-bond donors (Lipinski definition) is 1. The summed E-state index contributed by atoms with van der Waals surface area (Å²) >= 11 is 0. The molecule has 4 aromatic rings. The number of nitriles is 1. The van der Waals surface area contributed by atoms with Crippen molar-refractivity contribution in [1.82, 2.24) is 24.0 Å². The number of likely N-dealkylation sites (tertiary alicyclic amines) is 1. The molecule has 1 N–H and O–H groups in total. The van der Waals surface area contributed by atoms with Crippen LogP contribution in [0.2, 0.25) is 0 Å². The zero-order chi connectivity index (χ0) is 25.6. The van der Waals surface area contributed by atoms with E-state index in [1.807, 2.05) is 36.7 Å². The monoisotopic (exact) mass is 539 g/mol. The fourth-order valence-electron chi connectivity index (χ4n) is 6.22. The second-order valence-corrected chi connectivity index (χ2v) is 10.8. The third-order valence-electron chi connectivity index (χ3n) is 8.31. The van der Waals surface area contributed by atoms with E-state index in [1.165, 1.54) is 6.42 Å². The van der Waals surface area contributed by atoms with Crippen LogP contribution in [0.1, 0.15) is 30.5 Å². The summed E-state index contributed by atoms with van der Waals surface area (Å²) in [6.45, 7) is 5.85. The number of fused-ring (bicyclic) bond motifs is 5. The summed E-state index contributed by atoms with van der Waals surface area (Å²) < 4.78 is 4.39. The Labute approximate surface area is 235 Å². The Morgan fingerprint density at radius 1 is 1.00 bits per heavy atom. The Kier molecular flexibility index (Phi) is 6.94. The predicted octanol–water partition coefficient (Wildman–Crippen LogP) is 4.03. The Morgan fingerprint density at radius 3 is 2.62 bits per heavy atom. The lowest BCUT2D eigenvalue weighted by atomic mass is 10.0. The van der Waals surface area contributed by atoms with Gasteiger partial charge in [0.15, 0.2) is 5.82 Å². The summed E-state index contributed by atoms with van der Waals surface area (Å²) in [7, 11) is 0. The largest absolute Gasteiger partial charge is 0.393 e. The first kappa shape index (κ1) is 25.7. The number of aliphatic hydroxyl groups is 1. The standard InChI is InChI=1S/C30H31N7O.H2S/c31-16-21-1-3-23(4-2-21)24-15-28-30-32-10-14-37(30)27-5-6-29(33-26(27)20-36(28)19-24)35-13-7-22(18-35)17-34-11-8-25(38)9-12-34;/h1-6,10,14-15,19,22,25,38H,7-9,11-13,17-18,20H2;1H2/t22-;/m0./s1. The van der Waals surface area contributed by atoms with Gasteiger partial charge in [0, 0.05) is 56.9 Å². The lowest BCUT2D eigenvalue weighted by Crippen LogP contribution is -2.39. The van der Waals surface area contributed by atoms with Crippen molar-refractivity contribution in [1.29, 1.82) is 5.26 Å². The number of aromatic nitrogens is 4. The maximum absolute atomic E-state index is 9.82. The molecule has 200 valence electrons. The Hall–Kier alpha value is -3.58. The van der Waals surface area contributed by atoms with E-state index < -0.39 is 0 Å². The molecule has 1 aromatic carbocycles. The lowest BCUT2D eigenvalue weighted by Gasteiger charge is -2.31. The van der Waals surface area contributed by atoms with E-state index >= 15 is 0 Å². The van der Waals surface area contributed by atoms with Crippen molar-refractivity contribution in [2.45, 2.75) is 31.9 Å². The van der Waals surface area contributed by atoms with Gasteiger partial charge in [-0.05, 0) is 61.1 Å². The zero-order valence-electron chi connectivity index (χ0n) is 21.9. The topological polar surface area (TPSA) is 86.1 Å². The number of piperidine rings is 1. The molecule has 0 unspecified atom stereocenters. The van der Waals surface area contributed by atoms with Gasteiger partial charge in [-0.1, -0.05) is 12.1 Å². The fraction of sp³-hybridized carbons (Fsp3) is 0.367. The van der Waals surface area contributed by atoms with Gasteiger partial charge < -0.3 is 19.5 Å². The van der Waals surface area contributed by atoms with E-state index in [4.69, 9.17) is 15.2 Å². The molecule has 9 heteroatoms. The maximum Gasteiger partial charge on any atom is 0.161 e.